The zero-order valence-corrected chi connectivity index (χ0v) is 12.9. The molecule has 0 aromatic heterocycles. The second kappa shape index (κ2) is 6.37. The Bertz CT molecular complexity index is 620. The number of halogens is 2. The smallest absolute Gasteiger partial charge is 0.243 e. The topological polar surface area (TPSA) is 58.2 Å². The van der Waals surface area contributed by atoms with E-state index in [0.717, 1.165) is 18.9 Å². The van der Waals surface area contributed by atoms with Gasteiger partial charge in [0, 0.05) is 12.6 Å². The normalized spacial score (nSPS) is 21.5. The summed E-state index contributed by atoms with van der Waals surface area (Å²) in [6.45, 7) is 4.78. The van der Waals surface area contributed by atoms with E-state index in [0.29, 0.717) is 12.1 Å². The number of hydrogen-bond donors (Lipinski definition) is 2. The highest BCUT2D eigenvalue weighted by atomic mass is 32.2. The van der Waals surface area contributed by atoms with E-state index in [1.165, 1.54) is 6.07 Å². The van der Waals surface area contributed by atoms with Gasteiger partial charge in [0.15, 0.2) is 11.6 Å². The van der Waals surface area contributed by atoms with E-state index in [1.54, 1.807) is 0 Å². The number of benzene rings is 1. The third kappa shape index (κ3) is 3.78. The Labute approximate surface area is 124 Å². The molecule has 0 aliphatic heterocycles. The van der Waals surface area contributed by atoms with Crippen molar-refractivity contribution in [3.63, 3.8) is 0 Å². The molecule has 2 N–H and O–H groups in total. The van der Waals surface area contributed by atoms with Crippen LogP contribution in [-0.4, -0.2) is 21.0 Å². The third-order valence-corrected chi connectivity index (χ3v) is 5.17. The molecule has 0 spiro atoms. The van der Waals surface area contributed by atoms with Crippen LogP contribution in [0.3, 0.4) is 0 Å². The van der Waals surface area contributed by atoms with Gasteiger partial charge in [-0.05, 0) is 36.6 Å². The second-order valence-corrected chi connectivity index (χ2v) is 6.98. The van der Waals surface area contributed by atoms with E-state index in [9.17, 15) is 17.2 Å². The standard InChI is InChI=1S/C14H20F2N2O2S/c1-3-10-7-12(10)18-21(19,20)13-6-9(8-17-4-2)5-11(15)14(13)16/h5-6,10,12,17-18H,3-4,7-8H2,1-2H3. The summed E-state index contributed by atoms with van der Waals surface area (Å²) in [5, 5.41) is 2.95. The minimum Gasteiger partial charge on any atom is -0.313 e. The molecule has 1 aliphatic rings. The van der Waals surface area contributed by atoms with Gasteiger partial charge in [-0.2, -0.15) is 0 Å². The van der Waals surface area contributed by atoms with Gasteiger partial charge in [-0.25, -0.2) is 21.9 Å². The van der Waals surface area contributed by atoms with Crippen molar-refractivity contribution in [2.45, 2.75) is 44.2 Å². The summed E-state index contributed by atoms with van der Waals surface area (Å²) < 4.78 is 54.3. The molecule has 2 unspecified atom stereocenters. The lowest BCUT2D eigenvalue weighted by molar-refractivity contribution is 0.480. The van der Waals surface area contributed by atoms with E-state index in [1.807, 2.05) is 13.8 Å². The summed E-state index contributed by atoms with van der Waals surface area (Å²) in [7, 11) is -4.03. The molecule has 4 nitrogen and oxygen atoms in total. The van der Waals surface area contributed by atoms with Gasteiger partial charge in [0.05, 0.1) is 0 Å². The lowest BCUT2D eigenvalue weighted by Gasteiger charge is -2.10. The van der Waals surface area contributed by atoms with Crippen molar-refractivity contribution in [3.05, 3.63) is 29.3 Å². The SMILES string of the molecule is CCNCc1cc(F)c(F)c(S(=O)(=O)NC2CC2CC)c1. The van der Waals surface area contributed by atoms with Crippen LogP contribution in [0.25, 0.3) is 0 Å². The van der Waals surface area contributed by atoms with Crippen LogP contribution in [0.15, 0.2) is 17.0 Å². The quantitative estimate of drug-likeness (QED) is 0.810. The fourth-order valence-electron chi connectivity index (χ4n) is 2.29. The number of sulfonamides is 1. The zero-order chi connectivity index (χ0) is 15.6. The Morgan fingerprint density at radius 3 is 2.57 bits per heavy atom. The molecule has 1 aliphatic carbocycles. The summed E-state index contributed by atoms with van der Waals surface area (Å²) in [6, 6.07) is 2.04. The monoisotopic (exact) mass is 318 g/mol. The molecule has 1 saturated carbocycles. The Hall–Kier alpha value is -1.05. The van der Waals surface area contributed by atoms with Crippen LogP contribution in [0.5, 0.6) is 0 Å². The number of hydrogen-bond acceptors (Lipinski definition) is 3. The van der Waals surface area contributed by atoms with Crippen molar-refractivity contribution in [3.8, 4) is 0 Å². The Kier molecular flexibility index (Phi) is 4.95. The van der Waals surface area contributed by atoms with Crippen LogP contribution in [-0.2, 0) is 16.6 Å². The lowest BCUT2D eigenvalue weighted by Crippen LogP contribution is -2.28. The summed E-state index contributed by atoms with van der Waals surface area (Å²) in [5.41, 5.74) is 0.402. The highest BCUT2D eigenvalue weighted by molar-refractivity contribution is 7.89. The fourth-order valence-corrected chi connectivity index (χ4v) is 3.74. The largest absolute Gasteiger partial charge is 0.313 e. The Balaban J connectivity index is 2.26. The first-order valence-electron chi connectivity index (χ1n) is 7.10. The summed E-state index contributed by atoms with van der Waals surface area (Å²) in [4.78, 5) is -0.614. The Morgan fingerprint density at radius 1 is 1.29 bits per heavy atom. The minimum atomic E-state index is -4.03. The maximum atomic E-state index is 13.8. The minimum absolute atomic E-state index is 0.167. The first-order valence-corrected chi connectivity index (χ1v) is 8.58. The highest BCUT2D eigenvalue weighted by Gasteiger charge is 2.39. The molecule has 0 radical (unpaired) electrons. The molecule has 1 aromatic rings. The van der Waals surface area contributed by atoms with Crippen molar-refractivity contribution in [1.29, 1.82) is 0 Å². The molecule has 0 heterocycles. The van der Waals surface area contributed by atoms with Gasteiger partial charge in [0.25, 0.3) is 0 Å². The first kappa shape index (κ1) is 16.3. The van der Waals surface area contributed by atoms with Gasteiger partial charge in [0.2, 0.25) is 10.0 Å². The molecular formula is C14H20F2N2O2S. The second-order valence-electron chi connectivity index (χ2n) is 5.30. The van der Waals surface area contributed by atoms with Gasteiger partial charge in [-0.3, -0.25) is 0 Å². The predicted octanol–water partition coefficient (Wildman–Crippen LogP) is 2.15. The van der Waals surface area contributed by atoms with E-state index >= 15 is 0 Å². The van der Waals surface area contributed by atoms with Crippen molar-refractivity contribution >= 4 is 10.0 Å². The van der Waals surface area contributed by atoms with E-state index in [2.05, 4.69) is 10.0 Å². The first-order chi connectivity index (χ1) is 9.89. The summed E-state index contributed by atoms with van der Waals surface area (Å²) in [5.74, 6) is -2.18. The van der Waals surface area contributed by atoms with Gasteiger partial charge in [-0.15, -0.1) is 0 Å². The molecule has 21 heavy (non-hydrogen) atoms. The number of rotatable bonds is 7. The van der Waals surface area contributed by atoms with Gasteiger partial charge in [-0.1, -0.05) is 20.3 Å². The van der Waals surface area contributed by atoms with Crippen LogP contribution < -0.4 is 10.0 Å². The summed E-state index contributed by atoms with van der Waals surface area (Å²) >= 11 is 0. The van der Waals surface area contributed by atoms with Gasteiger partial charge in [0.1, 0.15) is 4.90 Å². The van der Waals surface area contributed by atoms with Crippen LogP contribution in [0.2, 0.25) is 0 Å². The maximum Gasteiger partial charge on any atom is 0.243 e. The third-order valence-electron chi connectivity index (χ3n) is 3.68. The van der Waals surface area contributed by atoms with Crippen molar-refractivity contribution in [2.75, 3.05) is 6.54 Å². The molecule has 118 valence electrons. The van der Waals surface area contributed by atoms with Gasteiger partial charge >= 0.3 is 0 Å². The van der Waals surface area contributed by atoms with E-state index < -0.39 is 26.6 Å². The number of nitrogens with one attached hydrogen (secondary N) is 2. The van der Waals surface area contributed by atoms with Crippen LogP contribution in [0.1, 0.15) is 32.3 Å². The molecule has 7 heteroatoms. The van der Waals surface area contributed by atoms with Crippen molar-refractivity contribution in [2.24, 2.45) is 5.92 Å². The van der Waals surface area contributed by atoms with Crippen molar-refractivity contribution in [1.82, 2.24) is 10.0 Å². The molecule has 1 aromatic carbocycles. The molecule has 2 atom stereocenters. The average molecular weight is 318 g/mol. The lowest BCUT2D eigenvalue weighted by atomic mass is 10.2. The molecule has 0 saturated heterocycles. The van der Waals surface area contributed by atoms with Crippen LogP contribution in [0.4, 0.5) is 8.78 Å². The summed E-state index contributed by atoms with van der Waals surface area (Å²) in [6.07, 6.45) is 1.61. The van der Waals surface area contributed by atoms with E-state index in [-0.39, 0.29) is 18.5 Å². The molecule has 2 rings (SSSR count). The maximum absolute atomic E-state index is 13.8. The molecular weight excluding hydrogens is 298 g/mol. The predicted molar refractivity (Wildman–Crippen MR) is 76.2 cm³/mol. The van der Waals surface area contributed by atoms with Crippen LogP contribution in [0, 0.1) is 17.6 Å². The van der Waals surface area contributed by atoms with Crippen molar-refractivity contribution < 1.29 is 17.2 Å². The molecule has 0 amide bonds. The Morgan fingerprint density at radius 2 is 2.00 bits per heavy atom. The van der Waals surface area contributed by atoms with E-state index in [4.69, 9.17) is 0 Å². The molecule has 0 bridgehead atoms. The highest BCUT2D eigenvalue weighted by Crippen LogP contribution is 2.34. The fraction of sp³-hybridized carbons (Fsp3) is 0.571. The average Bonchev–Trinajstić information content (AvgIpc) is 3.17. The van der Waals surface area contributed by atoms with Crippen LogP contribution >= 0.6 is 0 Å². The molecule has 1 fully saturated rings. The zero-order valence-electron chi connectivity index (χ0n) is 12.1. The van der Waals surface area contributed by atoms with Gasteiger partial charge < -0.3 is 5.32 Å².